The standard InChI is InChI=1S/C17H18Cl2N2O3/c1-23-14-3-4-15(16(10-14)24-2)21-17(22)5-6-20-13-8-11(18)7-12(19)9-13/h3-4,7-10,20H,5-6H2,1-2H3,(H,21,22). The fourth-order valence-corrected chi connectivity index (χ4v) is 2.62. The van der Waals surface area contributed by atoms with E-state index in [0.717, 1.165) is 5.69 Å². The van der Waals surface area contributed by atoms with Crippen molar-refractivity contribution in [3.8, 4) is 11.5 Å². The average Bonchev–Trinajstić information content (AvgIpc) is 2.54. The molecule has 2 aromatic rings. The molecule has 1 amide bonds. The van der Waals surface area contributed by atoms with Crippen molar-refractivity contribution in [2.45, 2.75) is 6.42 Å². The van der Waals surface area contributed by atoms with Crippen LogP contribution in [0, 0.1) is 0 Å². The minimum atomic E-state index is -0.140. The first kappa shape index (κ1) is 18.2. The Kier molecular flexibility index (Phi) is 6.58. The predicted octanol–water partition coefficient (Wildman–Crippen LogP) is 4.45. The van der Waals surface area contributed by atoms with Crippen LogP contribution in [0.5, 0.6) is 11.5 Å². The van der Waals surface area contributed by atoms with Crippen molar-refractivity contribution in [1.82, 2.24) is 0 Å². The number of hydrogen-bond acceptors (Lipinski definition) is 4. The molecule has 128 valence electrons. The number of methoxy groups -OCH3 is 2. The Morgan fingerprint density at radius 1 is 1.04 bits per heavy atom. The second-order valence-electron chi connectivity index (χ2n) is 4.95. The van der Waals surface area contributed by atoms with Gasteiger partial charge >= 0.3 is 0 Å². The molecule has 5 nitrogen and oxygen atoms in total. The van der Waals surface area contributed by atoms with Crippen LogP contribution in [0.25, 0.3) is 0 Å². The maximum atomic E-state index is 12.1. The van der Waals surface area contributed by atoms with Crippen molar-refractivity contribution in [3.05, 3.63) is 46.4 Å². The molecule has 2 N–H and O–H groups in total. The summed E-state index contributed by atoms with van der Waals surface area (Å²) in [7, 11) is 3.11. The number of anilines is 2. The molecule has 0 atom stereocenters. The highest BCUT2D eigenvalue weighted by atomic mass is 35.5. The molecular formula is C17H18Cl2N2O3. The zero-order chi connectivity index (χ0) is 17.5. The molecule has 2 aromatic carbocycles. The Balaban J connectivity index is 1.89. The summed E-state index contributed by atoms with van der Waals surface area (Å²) in [6, 6.07) is 10.3. The maximum absolute atomic E-state index is 12.1. The van der Waals surface area contributed by atoms with Crippen molar-refractivity contribution in [1.29, 1.82) is 0 Å². The van der Waals surface area contributed by atoms with Gasteiger partial charge in [0.25, 0.3) is 0 Å². The zero-order valence-electron chi connectivity index (χ0n) is 13.4. The van der Waals surface area contributed by atoms with Crippen LogP contribution in [-0.4, -0.2) is 26.7 Å². The van der Waals surface area contributed by atoms with E-state index in [4.69, 9.17) is 32.7 Å². The quantitative estimate of drug-likeness (QED) is 0.757. The van der Waals surface area contributed by atoms with Crippen LogP contribution in [0.1, 0.15) is 6.42 Å². The van der Waals surface area contributed by atoms with Gasteiger partial charge in [-0.15, -0.1) is 0 Å². The van der Waals surface area contributed by atoms with Crippen molar-refractivity contribution in [2.24, 2.45) is 0 Å². The molecule has 0 aliphatic rings. The lowest BCUT2D eigenvalue weighted by Gasteiger charge is -2.12. The van der Waals surface area contributed by atoms with Gasteiger partial charge in [-0.1, -0.05) is 23.2 Å². The minimum Gasteiger partial charge on any atom is -0.497 e. The number of halogens is 2. The summed E-state index contributed by atoms with van der Waals surface area (Å²) in [5, 5.41) is 7.00. The van der Waals surface area contributed by atoms with Gasteiger partial charge in [0.1, 0.15) is 11.5 Å². The second-order valence-corrected chi connectivity index (χ2v) is 5.82. The maximum Gasteiger partial charge on any atom is 0.226 e. The smallest absolute Gasteiger partial charge is 0.226 e. The summed E-state index contributed by atoms with van der Waals surface area (Å²) in [5.74, 6) is 1.06. The number of benzene rings is 2. The molecule has 0 saturated carbocycles. The van der Waals surface area contributed by atoms with Gasteiger partial charge in [0.05, 0.1) is 19.9 Å². The van der Waals surface area contributed by atoms with E-state index >= 15 is 0 Å². The van der Waals surface area contributed by atoms with E-state index in [2.05, 4.69) is 10.6 Å². The molecule has 0 saturated heterocycles. The normalized spacial score (nSPS) is 10.2. The third kappa shape index (κ3) is 5.22. The van der Waals surface area contributed by atoms with Crippen molar-refractivity contribution < 1.29 is 14.3 Å². The van der Waals surface area contributed by atoms with Gasteiger partial charge in [0.2, 0.25) is 5.91 Å². The molecule has 2 rings (SSSR count). The number of carbonyl (C=O) groups excluding carboxylic acids is 1. The largest absolute Gasteiger partial charge is 0.497 e. The van der Waals surface area contributed by atoms with E-state index in [1.54, 1.807) is 43.5 Å². The molecule has 7 heteroatoms. The first-order valence-electron chi connectivity index (χ1n) is 7.23. The molecule has 0 fully saturated rings. The van der Waals surface area contributed by atoms with Crippen LogP contribution in [-0.2, 0) is 4.79 Å². The molecule has 0 aromatic heterocycles. The van der Waals surface area contributed by atoms with Crippen molar-refractivity contribution in [2.75, 3.05) is 31.4 Å². The second kappa shape index (κ2) is 8.66. The Bertz CT molecular complexity index is 703. The summed E-state index contributed by atoms with van der Waals surface area (Å²) in [6.45, 7) is 0.445. The summed E-state index contributed by atoms with van der Waals surface area (Å²) in [5.41, 5.74) is 1.36. The van der Waals surface area contributed by atoms with Gasteiger partial charge in [0.15, 0.2) is 0 Å². The van der Waals surface area contributed by atoms with Gasteiger partial charge in [-0.05, 0) is 30.3 Å². The Labute approximate surface area is 150 Å². The SMILES string of the molecule is COc1ccc(NC(=O)CCNc2cc(Cl)cc(Cl)c2)c(OC)c1. The molecule has 0 bridgehead atoms. The zero-order valence-corrected chi connectivity index (χ0v) is 14.9. The van der Waals surface area contributed by atoms with Gasteiger partial charge in [-0.25, -0.2) is 0 Å². The summed E-state index contributed by atoms with van der Waals surface area (Å²) >= 11 is 11.9. The summed E-state index contributed by atoms with van der Waals surface area (Å²) < 4.78 is 10.4. The number of carbonyl (C=O) groups is 1. The average molecular weight is 369 g/mol. The number of rotatable bonds is 7. The van der Waals surface area contributed by atoms with Crippen LogP contribution < -0.4 is 20.1 Å². The minimum absolute atomic E-state index is 0.140. The highest BCUT2D eigenvalue weighted by Gasteiger charge is 2.09. The number of hydrogen-bond donors (Lipinski definition) is 2. The predicted molar refractivity (Wildman–Crippen MR) is 97.7 cm³/mol. The van der Waals surface area contributed by atoms with E-state index in [1.165, 1.54) is 7.11 Å². The van der Waals surface area contributed by atoms with E-state index in [0.29, 0.717) is 33.8 Å². The van der Waals surface area contributed by atoms with E-state index in [-0.39, 0.29) is 12.3 Å². The van der Waals surface area contributed by atoms with E-state index in [9.17, 15) is 4.79 Å². The highest BCUT2D eigenvalue weighted by Crippen LogP contribution is 2.29. The molecule has 0 aliphatic heterocycles. The molecule has 24 heavy (non-hydrogen) atoms. The Morgan fingerprint density at radius 2 is 1.75 bits per heavy atom. The summed E-state index contributed by atoms with van der Waals surface area (Å²) in [6.07, 6.45) is 0.277. The van der Waals surface area contributed by atoms with Crippen LogP contribution >= 0.6 is 23.2 Å². The molecular weight excluding hydrogens is 351 g/mol. The van der Waals surface area contributed by atoms with Gasteiger partial charge in [-0.3, -0.25) is 4.79 Å². The molecule has 0 spiro atoms. The highest BCUT2D eigenvalue weighted by molar-refractivity contribution is 6.35. The Morgan fingerprint density at radius 3 is 2.38 bits per heavy atom. The van der Waals surface area contributed by atoms with Gasteiger partial charge in [0, 0.05) is 34.8 Å². The fourth-order valence-electron chi connectivity index (χ4n) is 2.09. The van der Waals surface area contributed by atoms with Crippen LogP contribution in [0.3, 0.4) is 0 Å². The fraction of sp³-hybridized carbons (Fsp3) is 0.235. The van der Waals surface area contributed by atoms with Gasteiger partial charge < -0.3 is 20.1 Å². The van der Waals surface area contributed by atoms with Crippen LogP contribution in [0.15, 0.2) is 36.4 Å². The summed E-state index contributed by atoms with van der Waals surface area (Å²) in [4.78, 5) is 12.1. The Hall–Kier alpha value is -2.11. The van der Waals surface area contributed by atoms with E-state index < -0.39 is 0 Å². The lowest BCUT2D eigenvalue weighted by atomic mass is 10.2. The topological polar surface area (TPSA) is 59.6 Å². The van der Waals surface area contributed by atoms with Crippen molar-refractivity contribution >= 4 is 40.5 Å². The third-order valence-electron chi connectivity index (χ3n) is 3.23. The third-order valence-corrected chi connectivity index (χ3v) is 3.66. The number of ether oxygens (including phenoxy) is 2. The lowest BCUT2D eigenvalue weighted by molar-refractivity contribution is -0.116. The first-order chi connectivity index (χ1) is 11.5. The van der Waals surface area contributed by atoms with Gasteiger partial charge in [-0.2, -0.15) is 0 Å². The molecule has 0 aliphatic carbocycles. The monoisotopic (exact) mass is 368 g/mol. The number of nitrogens with one attached hydrogen (secondary N) is 2. The first-order valence-corrected chi connectivity index (χ1v) is 7.99. The van der Waals surface area contributed by atoms with E-state index in [1.807, 2.05) is 0 Å². The number of amides is 1. The van der Waals surface area contributed by atoms with Crippen LogP contribution in [0.2, 0.25) is 10.0 Å². The van der Waals surface area contributed by atoms with Crippen LogP contribution in [0.4, 0.5) is 11.4 Å². The lowest BCUT2D eigenvalue weighted by Crippen LogP contribution is -2.16. The molecule has 0 radical (unpaired) electrons. The molecule has 0 unspecified atom stereocenters. The molecule has 0 heterocycles. The van der Waals surface area contributed by atoms with Crippen molar-refractivity contribution in [3.63, 3.8) is 0 Å².